The maximum Gasteiger partial charge on any atom is 0.372 e. The summed E-state index contributed by atoms with van der Waals surface area (Å²) in [5, 5.41) is 25.5. The number of nitrogens with one attached hydrogen (secondary N) is 1. The third-order valence-corrected chi connectivity index (χ3v) is 1.03. The van der Waals surface area contributed by atoms with Gasteiger partial charge in [-0.25, -0.2) is 10.0 Å². The molecule has 0 aliphatic carbocycles. The van der Waals surface area contributed by atoms with Crippen molar-refractivity contribution in [3.05, 3.63) is 23.1 Å². The van der Waals surface area contributed by atoms with E-state index in [1.54, 1.807) is 0 Å². The van der Waals surface area contributed by atoms with Crippen molar-refractivity contribution >= 4 is 11.9 Å². The van der Waals surface area contributed by atoms with E-state index in [1.165, 1.54) is 0 Å². The minimum Gasteiger partial charge on any atom is -0.592 e. The summed E-state index contributed by atoms with van der Waals surface area (Å²) in [4.78, 5) is 10.2. The number of rotatable bonds is 2. The standard InChI is InChI=1S/C5H5NO5/c7-5(8)3-1-2-4(11-3)6(9)10/h1-2,6,9H,(H,7,8). The summed E-state index contributed by atoms with van der Waals surface area (Å²) in [6, 6.07) is 2.18. The molecular formula is C5H5NO5. The van der Waals surface area contributed by atoms with Gasteiger partial charge in [-0.1, -0.05) is 0 Å². The Hall–Kier alpha value is -1.37. The van der Waals surface area contributed by atoms with Crippen LogP contribution < -0.4 is 5.23 Å². The van der Waals surface area contributed by atoms with Crippen LogP contribution in [0.2, 0.25) is 0 Å². The molecule has 11 heavy (non-hydrogen) atoms. The number of carboxylic acid groups (broad SMARTS) is 1. The molecule has 1 atom stereocenters. The highest BCUT2D eigenvalue weighted by Gasteiger charge is 2.12. The molecule has 0 bridgehead atoms. The number of aromatic carboxylic acids is 1. The molecule has 0 spiro atoms. The molecule has 1 heterocycles. The van der Waals surface area contributed by atoms with Crippen molar-refractivity contribution in [2.45, 2.75) is 0 Å². The van der Waals surface area contributed by atoms with Gasteiger partial charge in [0.05, 0.1) is 0 Å². The highest BCUT2D eigenvalue weighted by Crippen LogP contribution is 2.07. The molecule has 0 saturated carbocycles. The van der Waals surface area contributed by atoms with Crippen LogP contribution in [0.1, 0.15) is 10.6 Å². The second-order valence-electron chi connectivity index (χ2n) is 1.77. The molecule has 0 amide bonds. The zero-order valence-electron chi connectivity index (χ0n) is 5.27. The molecule has 3 N–H and O–H groups in total. The quantitative estimate of drug-likeness (QED) is 0.499. The largest absolute Gasteiger partial charge is 0.592 e. The topological polar surface area (TPSA) is 98.2 Å². The van der Waals surface area contributed by atoms with Gasteiger partial charge in [-0.3, -0.25) is 0 Å². The van der Waals surface area contributed by atoms with Crippen LogP contribution in [0.15, 0.2) is 16.5 Å². The number of furan rings is 1. The fourth-order valence-corrected chi connectivity index (χ4v) is 0.568. The first-order chi connectivity index (χ1) is 5.11. The third-order valence-electron chi connectivity index (χ3n) is 1.03. The zero-order chi connectivity index (χ0) is 8.43. The SMILES string of the molecule is O=C(O)c1ccc([NH+]([O-])O)o1. The van der Waals surface area contributed by atoms with E-state index in [9.17, 15) is 10.0 Å². The zero-order valence-corrected chi connectivity index (χ0v) is 5.27. The highest BCUT2D eigenvalue weighted by atomic mass is 16.8. The van der Waals surface area contributed by atoms with E-state index in [1.807, 2.05) is 0 Å². The fraction of sp³-hybridized carbons (Fsp3) is 0. The molecule has 1 aromatic heterocycles. The lowest BCUT2D eigenvalue weighted by molar-refractivity contribution is -0.997. The Kier molecular flexibility index (Phi) is 1.90. The van der Waals surface area contributed by atoms with Crippen LogP contribution in [0.5, 0.6) is 0 Å². The van der Waals surface area contributed by atoms with Gasteiger partial charge in [-0.15, -0.1) is 0 Å². The number of hydrogen-bond donors (Lipinski definition) is 3. The third kappa shape index (κ3) is 1.55. The van der Waals surface area contributed by atoms with Gasteiger partial charge >= 0.3 is 11.9 Å². The molecule has 0 aromatic carbocycles. The van der Waals surface area contributed by atoms with Crippen molar-refractivity contribution < 1.29 is 24.8 Å². The Morgan fingerprint density at radius 3 is 2.55 bits per heavy atom. The number of hydrogen-bond acceptors (Lipinski definition) is 4. The lowest BCUT2D eigenvalue weighted by atomic mass is 10.5. The van der Waals surface area contributed by atoms with Crippen molar-refractivity contribution in [1.29, 1.82) is 0 Å². The van der Waals surface area contributed by atoms with Gasteiger partial charge in [-0.05, 0) is 6.07 Å². The van der Waals surface area contributed by atoms with Gasteiger partial charge in [0.15, 0.2) is 0 Å². The normalized spacial score (nSPS) is 12.9. The molecule has 0 fully saturated rings. The Morgan fingerprint density at radius 1 is 1.64 bits per heavy atom. The number of carbonyl (C=O) groups is 1. The van der Waals surface area contributed by atoms with Crippen LogP contribution in [0, 0.1) is 5.21 Å². The number of carboxylic acids is 1. The second-order valence-corrected chi connectivity index (χ2v) is 1.77. The maximum atomic E-state index is 10.2. The van der Waals surface area contributed by atoms with E-state index < -0.39 is 11.2 Å². The van der Waals surface area contributed by atoms with Gasteiger partial charge in [0.2, 0.25) is 5.76 Å². The Morgan fingerprint density at radius 2 is 2.27 bits per heavy atom. The first-order valence-corrected chi connectivity index (χ1v) is 2.67. The molecule has 0 saturated heterocycles. The Balaban J connectivity index is 2.90. The van der Waals surface area contributed by atoms with E-state index in [2.05, 4.69) is 4.42 Å². The summed E-state index contributed by atoms with van der Waals surface area (Å²) in [5.74, 6) is -2.03. The predicted molar refractivity (Wildman–Crippen MR) is 31.4 cm³/mol. The molecule has 6 nitrogen and oxygen atoms in total. The van der Waals surface area contributed by atoms with Crippen LogP contribution >= 0.6 is 0 Å². The van der Waals surface area contributed by atoms with Crippen LogP contribution in [0.25, 0.3) is 0 Å². The van der Waals surface area contributed by atoms with Crippen LogP contribution in [0.4, 0.5) is 5.88 Å². The summed E-state index contributed by atoms with van der Waals surface area (Å²) in [6.07, 6.45) is 0. The first kappa shape index (κ1) is 7.73. The van der Waals surface area contributed by atoms with E-state index in [-0.39, 0.29) is 11.6 Å². The summed E-state index contributed by atoms with van der Waals surface area (Å²) in [7, 11) is 0. The van der Waals surface area contributed by atoms with Gasteiger partial charge in [0, 0.05) is 6.07 Å². The van der Waals surface area contributed by atoms with E-state index in [4.69, 9.17) is 10.3 Å². The molecule has 1 unspecified atom stereocenters. The van der Waals surface area contributed by atoms with Gasteiger partial charge in [0.25, 0.3) is 0 Å². The van der Waals surface area contributed by atoms with Gasteiger partial charge in [-0.2, -0.15) is 5.23 Å². The highest BCUT2D eigenvalue weighted by molar-refractivity contribution is 5.84. The van der Waals surface area contributed by atoms with Crippen molar-refractivity contribution in [3.63, 3.8) is 0 Å². The van der Waals surface area contributed by atoms with Crippen LogP contribution in [0.3, 0.4) is 0 Å². The summed E-state index contributed by atoms with van der Waals surface area (Å²) in [5.41, 5.74) is 0. The second kappa shape index (κ2) is 2.70. The molecule has 1 rings (SSSR count). The van der Waals surface area contributed by atoms with Crippen LogP contribution in [-0.2, 0) is 0 Å². The summed E-state index contributed by atoms with van der Waals surface area (Å²) >= 11 is 0. The van der Waals surface area contributed by atoms with Gasteiger partial charge in [0.1, 0.15) is 0 Å². The lowest BCUT2D eigenvalue weighted by Crippen LogP contribution is -2.99. The predicted octanol–water partition coefficient (Wildman–Crippen LogP) is -0.619. The average molecular weight is 159 g/mol. The molecule has 0 aliphatic rings. The van der Waals surface area contributed by atoms with E-state index in [0.717, 1.165) is 12.1 Å². The van der Waals surface area contributed by atoms with E-state index in [0.29, 0.717) is 0 Å². The fourth-order valence-electron chi connectivity index (χ4n) is 0.568. The van der Waals surface area contributed by atoms with Crippen molar-refractivity contribution in [3.8, 4) is 0 Å². The van der Waals surface area contributed by atoms with Crippen molar-refractivity contribution in [1.82, 2.24) is 0 Å². The summed E-state index contributed by atoms with van der Waals surface area (Å²) < 4.78 is 4.41. The maximum absolute atomic E-state index is 10.2. The average Bonchev–Trinajstić information content (AvgIpc) is 2.33. The molecule has 6 heteroatoms. The molecule has 60 valence electrons. The molecule has 1 aromatic rings. The molecule has 0 radical (unpaired) electrons. The molecular weight excluding hydrogens is 154 g/mol. The lowest BCUT2D eigenvalue weighted by Gasteiger charge is -2.05. The van der Waals surface area contributed by atoms with Gasteiger partial charge < -0.3 is 14.7 Å². The first-order valence-electron chi connectivity index (χ1n) is 2.67. The van der Waals surface area contributed by atoms with E-state index >= 15 is 0 Å². The van der Waals surface area contributed by atoms with Crippen LogP contribution in [-0.4, -0.2) is 16.3 Å². The summed E-state index contributed by atoms with van der Waals surface area (Å²) in [6.45, 7) is 0. The minimum absolute atomic E-state index is 0.373. The Bertz CT molecular complexity index is 266. The Labute approximate surface area is 60.8 Å². The smallest absolute Gasteiger partial charge is 0.372 e. The minimum atomic E-state index is -1.28. The number of quaternary nitrogens is 1. The monoisotopic (exact) mass is 159 g/mol. The van der Waals surface area contributed by atoms with Crippen molar-refractivity contribution in [2.75, 3.05) is 0 Å². The molecule has 0 aliphatic heterocycles. The van der Waals surface area contributed by atoms with Crippen molar-refractivity contribution in [2.24, 2.45) is 0 Å².